The van der Waals surface area contributed by atoms with Crippen molar-refractivity contribution in [2.45, 2.75) is 25.0 Å². The lowest BCUT2D eigenvalue weighted by atomic mass is 10.0. The lowest BCUT2D eigenvalue weighted by molar-refractivity contribution is 0.184. The molecule has 1 aromatic rings. The summed E-state index contributed by atoms with van der Waals surface area (Å²) in [5.74, 6) is -0.392. The van der Waals surface area contributed by atoms with Crippen LogP contribution in [-0.4, -0.2) is 7.11 Å². The van der Waals surface area contributed by atoms with E-state index in [0.29, 0.717) is 12.2 Å². The predicted octanol–water partition coefficient (Wildman–Crippen LogP) is 2.57. The average molecular weight is 230 g/mol. The van der Waals surface area contributed by atoms with Crippen molar-refractivity contribution in [3.8, 4) is 0 Å². The second-order valence-electron chi connectivity index (χ2n) is 4.03. The summed E-state index contributed by atoms with van der Waals surface area (Å²) in [5, 5.41) is 0.122. The van der Waals surface area contributed by atoms with Crippen LogP contribution in [0.4, 0.5) is 4.39 Å². The number of rotatable bonds is 3. The Balaban J connectivity index is 2.43. The first-order valence-electron chi connectivity index (χ1n) is 4.83. The Bertz CT molecular complexity index is 390. The minimum absolute atomic E-state index is 0.122. The summed E-state index contributed by atoms with van der Waals surface area (Å²) < 4.78 is 18.7. The minimum atomic E-state index is -0.503. The van der Waals surface area contributed by atoms with Crippen molar-refractivity contribution in [1.29, 1.82) is 0 Å². The molecule has 1 aliphatic rings. The smallest absolute Gasteiger partial charge is 0.146 e. The van der Waals surface area contributed by atoms with E-state index in [1.165, 1.54) is 0 Å². The SMILES string of the molecule is COCc1cc(Cl)c(F)c(C2(N)CC2)c1. The Morgan fingerprint density at radius 2 is 2.20 bits per heavy atom. The summed E-state index contributed by atoms with van der Waals surface area (Å²) in [5.41, 5.74) is 6.83. The quantitative estimate of drug-likeness (QED) is 0.865. The Morgan fingerprint density at radius 3 is 2.73 bits per heavy atom. The van der Waals surface area contributed by atoms with Crippen LogP contribution in [-0.2, 0) is 16.9 Å². The first-order chi connectivity index (χ1) is 7.07. The van der Waals surface area contributed by atoms with Crippen molar-refractivity contribution in [2.24, 2.45) is 5.73 Å². The monoisotopic (exact) mass is 229 g/mol. The molecule has 2 rings (SSSR count). The van der Waals surface area contributed by atoms with E-state index in [1.807, 2.05) is 0 Å². The molecule has 15 heavy (non-hydrogen) atoms. The largest absolute Gasteiger partial charge is 0.380 e. The molecular formula is C11H13ClFNO. The normalized spacial score (nSPS) is 17.9. The maximum atomic E-state index is 13.7. The molecule has 0 heterocycles. The second kappa shape index (κ2) is 3.74. The Hall–Kier alpha value is -0.640. The van der Waals surface area contributed by atoms with E-state index in [1.54, 1.807) is 19.2 Å². The van der Waals surface area contributed by atoms with Crippen LogP contribution in [0.1, 0.15) is 24.0 Å². The highest BCUT2D eigenvalue weighted by atomic mass is 35.5. The van der Waals surface area contributed by atoms with Crippen LogP contribution in [0.3, 0.4) is 0 Å². The highest BCUT2D eigenvalue weighted by Crippen LogP contribution is 2.45. The molecule has 0 atom stereocenters. The molecule has 4 heteroatoms. The van der Waals surface area contributed by atoms with E-state index >= 15 is 0 Å². The maximum absolute atomic E-state index is 13.7. The minimum Gasteiger partial charge on any atom is -0.380 e. The standard InChI is InChI=1S/C11H13ClFNO/c1-15-6-7-4-8(11(14)2-3-11)10(13)9(12)5-7/h4-5H,2-3,6,14H2,1H3. The van der Waals surface area contributed by atoms with Gasteiger partial charge in [-0.3, -0.25) is 0 Å². The summed E-state index contributed by atoms with van der Waals surface area (Å²) in [7, 11) is 1.59. The van der Waals surface area contributed by atoms with Gasteiger partial charge in [-0.05, 0) is 30.5 Å². The van der Waals surface area contributed by atoms with Crippen molar-refractivity contribution in [3.63, 3.8) is 0 Å². The fraction of sp³-hybridized carbons (Fsp3) is 0.455. The topological polar surface area (TPSA) is 35.2 Å². The van der Waals surface area contributed by atoms with E-state index in [4.69, 9.17) is 22.1 Å². The summed E-state index contributed by atoms with van der Waals surface area (Å²) >= 11 is 5.80. The molecule has 0 radical (unpaired) electrons. The zero-order chi connectivity index (χ0) is 11.1. The lowest BCUT2D eigenvalue weighted by Gasteiger charge is -2.13. The Labute approximate surface area is 93.2 Å². The van der Waals surface area contributed by atoms with Crippen molar-refractivity contribution in [1.82, 2.24) is 0 Å². The molecule has 0 unspecified atom stereocenters. The highest BCUT2D eigenvalue weighted by molar-refractivity contribution is 6.30. The van der Waals surface area contributed by atoms with Crippen LogP contribution in [0.2, 0.25) is 5.02 Å². The molecule has 2 nitrogen and oxygen atoms in total. The number of methoxy groups -OCH3 is 1. The molecular weight excluding hydrogens is 217 g/mol. The zero-order valence-corrected chi connectivity index (χ0v) is 9.27. The van der Waals surface area contributed by atoms with Crippen LogP contribution in [0, 0.1) is 5.82 Å². The van der Waals surface area contributed by atoms with Gasteiger partial charge in [-0.1, -0.05) is 11.6 Å². The number of hydrogen-bond acceptors (Lipinski definition) is 2. The molecule has 1 saturated carbocycles. The summed E-state index contributed by atoms with van der Waals surface area (Å²) in [4.78, 5) is 0. The van der Waals surface area contributed by atoms with Gasteiger partial charge < -0.3 is 10.5 Å². The predicted molar refractivity (Wildman–Crippen MR) is 57.2 cm³/mol. The van der Waals surface area contributed by atoms with Crippen molar-refractivity contribution in [3.05, 3.63) is 34.1 Å². The van der Waals surface area contributed by atoms with Gasteiger partial charge >= 0.3 is 0 Å². The summed E-state index contributed by atoms with van der Waals surface area (Å²) in [6.45, 7) is 0.420. The maximum Gasteiger partial charge on any atom is 0.146 e. The van der Waals surface area contributed by atoms with Gasteiger partial charge in [-0.25, -0.2) is 4.39 Å². The van der Waals surface area contributed by atoms with Gasteiger partial charge in [0.2, 0.25) is 0 Å². The van der Waals surface area contributed by atoms with Gasteiger partial charge in [0.05, 0.1) is 11.6 Å². The average Bonchev–Trinajstić information content (AvgIpc) is 2.91. The van der Waals surface area contributed by atoms with Crippen LogP contribution in [0.25, 0.3) is 0 Å². The van der Waals surface area contributed by atoms with Crippen molar-refractivity contribution in [2.75, 3.05) is 7.11 Å². The Kier molecular flexibility index (Phi) is 2.71. The number of hydrogen-bond donors (Lipinski definition) is 1. The van der Waals surface area contributed by atoms with Gasteiger partial charge in [0, 0.05) is 18.2 Å². The van der Waals surface area contributed by atoms with Gasteiger partial charge in [-0.15, -0.1) is 0 Å². The number of ether oxygens (including phenoxy) is 1. The van der Waals surface area contributed by atoms with Crippen LogP contribution in [0.5, 0.6) is 0 Å². The molecule has 0 saturated heterocycles. The van der Waals surface area contributed by atoms with E-state index in [9.17, 15) is 4.39 Å². The molecule has 1 fully saturated rings. The third kappa shape index (κ3) is 2.00. The van der Waals surface area contributed by atoms with Gasteiger partial charge in [-0.2, -0.15) is 0 Å². The molecule has 0 spiro atoms. The highest BCUT2D eigenvalue weighted by Gasteiger charge is 2.42. The van der Waals surface area contributed by atoms with Crippen molar-refractivity contribution >= 4 is 11.6 Å². The number of halogens is 2. The first kappa shape index (κ1) is 10.9. The molecule has 0 aliphatic heterocycles. The molecule has 0 amide bonds. The van der Waals surface area contributed by atoms with Crippen LogP contribution < -0.4 is 5.73 Å². The van der Waals surface area contributed by atoms with Crippen LogP contribution >= 0.6 is 11.6 Å². The first-order valence-corrected chi connectivity index (χ1v) is 5.21. The molecule has 0 bridgehead atoms. The number of benzene rings is 1. The lowest BCUT2D eigenvalue weighted by Crippen LogP contribution is -2.21. The van der Waals surface area contributed by atoms with Gasteiger partial charge in [0.25, 0.3) is 0 Å². The molecule has 82 valence electrons. The number of nitrogens with two attached hydrogens (primary N) is 1. The molecule has 0 aromatic heterocycles. The fourth-order valence-corrected chi connectivity index (χ4v) is 1.90. The summed E-state index contributed by atoms with van der Waals surface area (Å²) in [6, 6.07) is 3.33. The van der Waals surface area contributed by atoms with E-state index in [2.05, 4.69) is 0 Å². The summed E-state index contributed by atoms with van der Waals surface area (Å²) in [6.07, 6.45) is 1.63. The molecule has 1 aromatic carbocycles. The van der Waals surface area contributed by atoms with E-state index in [0.717, 1.165) is 18.4 Å². The van der Waals surface area contributed by atoms with Gasteiger partial charge in [0.15, 0.2) is 0 Å². The van der Waals surface area contributed by atoms with Crippen molar-refractivity contribution < 1.29 is 9.13 Å². The second-order valence-corrected chi connectivity index (χ2v) is 4.44. The molecule has 1 aliphatic carbocycles. The van der Waals surface area contributed by atoms with Crippen LogP contribution in [0.15, 0.2) is 12.1 Å². The van der Waals surface area contributed by atoms with E-state index < -0.39 is 11.4 Å². The third-order valence-electron chi connectivity index (χ3n) is 2.72. The third-order valence-corrected chi connectivity index (χ3v) is 3.00. The zero-order valence-electron chi connectivity index (χ0n) is 8.52. The Morgan fingerprint density at radius 1 is 1.53 bits per heavy atom. The van der Waals surface area contributed by atoms with Gasteiger partial charge in [0.1, 0.15) is 5.82 Å². The van der Waals surface area contributed by atoms with E-state index in [-0.39, 0.29) is 5.02 Å². The fourth-order valence-electron chi connectivity index (χ4n) is 1.66. The molecule has 2 N–H and O–H groups in total.